The molecule has 0 spiro atoms. The van der Waals surface area contributed by atoms with Crippen molar-refractivity contribution in [3.05, 3.63) is 62.8 Å². The number of anilines is 1. The maximum absolute atomic E-state index is 13.8. The Morgan fingerprint density at radius 2 is 1.72 bits per heavy atom. The molecule has 0 aliphatic rings. The summed E-state index contributed by atoms with van der Waals surface area (Å²) in [6.45, 7) is -0.368. The highest BCUT2D eigenvalue weighted by atomic mass is 79.9. The fourth-order valence-electron chi connectivity index (χ4n) is 2.02. The van der Waals surface area contributed by atoms with Crippen LogP contribution in [0.3, 0.4) is 0 Å². The maximum Gasteiger partial charge on any atom is 0.239 e. The van der Waals surface area contributed by atoms with Crippen molar-refractivity contribution in [2.75, 3.05) is 18.1 Å². The first kappa shape index (κ1) is 20.0. The molecule has 0 atom stereocenters. The normalized spacial score (nSPS) is 11.6. The van der Waals surface area contributed by atoms with E-state index in [9.17, 15) is 17.6 Å². The molecular formula is C16H15Br2FN2O3S. The Labute approximate surface area is 162 Å². The van der Waals surface area contributed by atoms with Crippen LogP contribution in [0.1, 0.15) is 5.56 Å². The lowest BCUT2D eigenvalue weighted by Gasteiger charge is -2.19. The van der Waals surface area contributed by atoms with Crippen LogP contribution in [0, 0.1) is 5.82 Å². The summed E-state index contributed by atoms with van der Waals surface area (Å²) in [6.07, 6.45) is 1.03. The van der Waals surface area contributed by atoms with Crippen molar-refractivity contribution >= 4 is 53.5 Å². The van der Waals surface area contributed by atoms with Gasteiger partial charge >= 0.3 is 0 Å². The molecule has 5 nitrogen and oxygen atoms in total. The van der Waals surface area contributed by atoms with Gasteiger partial charge in [0.05, 0.1) is 18.5 Å². The van der Waals surface area contributed by atoms with Gasteiger partial charge in [-0.2, -0.15) is 4.31 Å². The molecule has 0 radical (unpaired) electrons. The van der Waals surface area contributed by atoms with E-state index in [0.717, 1.165) is 20.6 Å². The molecule has 0 unspecified atom stereocenters. The molecule has 1 amide bonds. The van der Waals surface area contributed by atoms with Crippen LogP contribution in [0.5, 0.6) is 0 Å². The van der Waals surface area contributed by atoms with Crippen molar-refractivity contribution in [3.8, 4) is 0 Å². The number of benzene rings is 2. The summed E-state index contributed by atoms with van der Waals surface area (Å²) >= 11 is 6.43. The lowest BCUT2D eigenvalue weighted by Crippen LogP contribution is -2.37. The number of nitrogens with one attached hydrogen (secondary N) is 1. The summed E-state index contributed by atoms with van der Waals surface area (Å²) in [5, 5.41) is 2.39. The van der Waals surface area contributed by atoms with E-state index in [1.165, 1.54) is 12.1 Å². The number of nitrogens with zero attached hydrogens (tertiary/aromatic N) is 1. The van der Waals surface area contributed by atoms with Crippen LogP contribution in [0.4, 0.5) is 10.1 Å². The number of halogens is 3. The molecule has 0 saturated heterocycles. The first-order valence-electron chi connectivity index (χ1n) is 7.09. The first-order chi connectivity index (χ1) is 11.6. The summed E-state index contributed by atoms with van der Waals surface area (Å²) in [5.41, 5.74) is 0.724. The van der Waals surface area contributed by atoms with Crippen molar-refractivity contribution < 1.29 is 17.6 Å². The second-order valence-corrected chi connectivity index (χ2v) is 9.14. The molecule has 0 aliphatic heterocycles. The van der Waals surface area contributed by atoms with E-state index in [4.69, 9.17) is 0 Å². The number of rotatable bonds is 6. The van der Waals surface area contributed by atoms with Gasteiger partial charge in [-0.05, 0) is 35.9 Å². The Kier molecular flexibility index (Phi) is 6.72. The van der Waals surface area contributed by atoms with E-state index in [2.05, 4.69) is 37.2 Å². The molecule has 0 fully saturated rings. The van der Waals surface area contributed by atoms with Crippen LogP contribution in [0.2, 0.25) is 0 Å². The minimum absolute atomic E-state index is 0.00899. The lowest BCUT2D eigenvalue weighted by atomic mass is 10.2. The molecule has 2 rings (SSSR count). The molecule has 0 aromatic heterocycles. The summed E-state index contributed by atoms with van der Waals surface area (Å²) in [7, 11) is -3.62. The third-order valence-corrected chi connectivity index (χ3v) is 5.48. The van der Waals surface area contributed by atoms with E-state index in [-0.39, 0.29) is 12.2 Å². The maximum atomic E-state index is 13.8. The van der Waals surface area contributed by atoms with Crippen molar-refractivity contribution in [3.63, 3.8) is 0 Å². The minimum Gasteiger partial charge on any atom is -0.322 e. The average Bonchev–Trinajstić information content (AvgIpc) is 2.50. The fourth-order valence-corrected chi connectivity index (χ4v) is 3.36. The molecule has 0 aliphatic carbocycles. The van der Waals surface area contributed by atoms with Crippen molar-refractivity contribution in [1.29, 1.82) is 0 Å². The van der Waals surface area contributed by atoms with E-state index in [1.807, 2.05) is 0 Å². The number of carbonyl (C=O) groups is 1. The summed E-state index contributed by atoms with van der Waals surface area (Å²) in [5.74, 6) is -1.23. The fraction of sp³-hybridized carbons (Fsp3) is 0.188. The first-order valence-corrected chi connectivity index (χ1v) is 10.5. The number of amides is 1. The molecule has 0 heterocycles. The lowest BCUT2D eigenvalue weighted by molar-refractivity contribution is -0.116. The molecule has 2 aromatic rings. The van der Waals surface area contributed by atoms with Crippen molar-refractivity contribution in [1.82, 2.24) is 4.31 Å². The molecular weight excluding hydrogens is 479 g/mol. The Balaban J connectivity index is 2.11. The van der Waals surface area contributed by atoms with E-state index < -0.39 is 28.3 Å². The summed E-state index contributed by atoms with van der Waals surface area (Å²) in [4.78, 5) is 12.1. The smallest absolute Gasteiger partial charge is 0.239 e. The third-order valence-electron chi connectivity index (χ3n) is 3.27. The molecule has 0 saturated carbocycles. The molecule has 1 N–H and O–H groups in total. The highest BCUT2D eigenvalue weighted by molar-refractivity contribution is 9.10. The van der Waals surface area contributed by atoms with Gasteiger partial charge in [0.15, 0.2) is 0 Å². The zero-order valence-electron chi connectivity index (χ0n) is 13.2. The molecule has 9 heteroatoms. The molecule has 0 bridgehead atoms. The topological polar surface area (TPSA) is 66.5 Å². The van der Waals surface area contributed by atoms with Crippen LogP contribution >= 0.6 is 31.9 Å². The van der Waals surface area contributed by atoms with E-state index >= 15 is 0 Å². The third kappa shape index (κ3) is 6.18. The van der Waals surface area contributed by atoms with E-state index in [1.54, 1.807) is 30.3 Å². The van der Waals surface area contributed by atoms with Gasteiger partial charge in [-0.25, -0.2) is 12.8 Å². The highest BCUT2D eigenvalue weighted by Gasteiger charge is 2.21. The zero-order valence-corrected chi connectivity index (χ0v) is 17.2. The van der Waals surface area contributed by atoms with Gasteiger partial charge < -0.3 is 5.32 Å². The van der Waals surface area contributed by atoms with E-state index in [0.29, 0.717) is 4.47 Å². The predicted octanol–water partition coefficient (Wildman–Crippen LogP) is 3.75. The average molecular weight is 494 g/mol. The minimum atomic E-state index is -3.62. The van der Waals surface area contributed by atoms with Gasteiger partial charge in [-0.3, -0.25) is 4.79 Å². The zero-order chi connectivity index (χ0) is 18.6. The predicted molar refractivity (Wildman–Crippen MR) is 102 cm³/mol. The van der Waals surface area contributed by atoms with Crippen molar-refractivity contribution in [2.45, 2.75) is 6.54 Å². The van der Waals surface area contributed by atoms with Crippen molar-refractivity contribution in [2.24, 2.45) is 0 Å². The number of hydrogen-bond acceptors (Lipinski definition) is 3. The van der Waals surface area contributed by atoms with Gasteiger partial charge in [0.2, 0.25) is 15.9 Å². The molecule has 25 heavy (non-hydrogen) atoms. The second kappa shape index (κ2) is 8.39. The second-order valence-electron chi connectivity index (χ2n) is 5.33. The molecule has 134 valence electrons. The monoisotopic (exact) mass is 492 g/mol. The Morgan fingerprint density at radius 3 is 2.28 bits per heavy atom. The standard InChI is InChI=1S/C16H15Br2FN2O3S/c1-25(23,24)21(9-11-2-4-12(17)5-3-11)10-16(22)20-15-7-6-13(18)8-14(15)19/h2-8H,9-10H2,1H3,(H,20,22). The largest absolute Gasteiger partial charge is 0.322 e. The Hall–Kier alpha value is -1.29. The van der Waals surface area contributed by atoms with Crippen LogP contribution in [-0.2, 0) is 21.4 Å². The highest BCUT2D eigenvalue weighted by Crippen LogP contribution is 2.19. The Morgan fingerprint density at radius 1 is 1.12 bits per heavy atom. The van der Waals surface area contributed by atoms with Gasteiger partial charge in [-0.1, -0.05) is 44.0 Å². The van der Waals surface area contributed by atoms with Gasteiger partial charge in [0.1, 0.15) is 5.82 Å². The van der Waals surface area contributed by atoms with Crippen LogP contribution < -0.4 is 5.32 Å². The quantitative estimate of drug-likeness (QED) is 0.666. The van der Waals surface area contributed by atoms with Crippen LogP contribution in [0.25, 0.3) is 0 Å². The number of hydrogen-bond donors (Lipinski definition) is 1. The van der Waals surface area contributed by atoms with Gasteiger partial charge in [-0.15, -0.1) is 0 Å². The molecule has 2 aromatic carbocycles. The van der Waals surface area contributed by atoms with Crippen LogP contribution in [-0.4, -0.2) is 31.4 Å². The van der Waals surface area contributed by atoms with Gasteiger partial charge in [0.25, 0.3) is 0 Å². The SMILES string of the molecule is CS(=O)(=O)N(CC(=O)Nc1ccc(Br)cc1F)Cc1ccc(Br)cc1. The number of sulfonamides is 1. The Bertz CT molecular complexity index is 873. The number of carbonyl (C=O) groups excluding carboxylic acids is 1. The summed E-state index contributed by atoms with van der Waals surface area (Å²) < 4.78 is 40.1. The summed E-state index contributed by atoms with van der Waals surface area (Å²) in [6, 6.07) is 11.3. The van der Waals surface area contributed by atoms with Gasteiger partial charge in [0, 0.05) is 15.5 Å². The van der Waals surface area contributed by atoms with Crippen LogP contribution in [0.15, 0.2) is 51.4 Å².